The summed E-state index contributed by atoms with van der Waals surface area (Å²) in [6.07, 6.45) is 0. The van der Waals surface area contributed by atoms with Crippen LogP contribution in [0.25, 0.3) is 0 Å². The first-order chi connectivity index (χ1) is 8.36. The lowest BCUT2D eigenvalue weighted by molar-refractivity contribution is -0.118. The molecular formula is C11H17N3O3S. The molecule has 1 aromatic carbocycles. The maximum atomic E-state index is 12.0. The van der Waals surface area contributed by atoms with Crippen LogP contribution in [0.3, 0.4) is 0 Å². The summed E-state index contributed by atoms with van der Waals surface area (Å²) in [5.74, 6) is -0.877. The second kappa shape index (κ2) is 5.94. The summed E-state index contributed by atoms with van der Waals surface area (Å²) < 4.78 is 24.9. The van der Waals surface area contributed by atoms with Gasteiger partial charge in [-0.2, -0.15) is 4.31 Å². The SMILES string of the molecule is CN(CC(N)=O)S(=O)(=O)Cc1ccccc1CN. The summed E-state index contributed by atoms with van der Waals surface area (Å²) >= 11 is 0. The van der Waals surface area contributed by atoms with E-state index in [2.05, 4.69) is 0 Å². The third kappa shape index (κ3) is 3.80. The Bertz CT molecular complexity index is 528. The molecule has 0 atom stereocenters. The molecule has 100 valence electrons. The molecule has 0 aliphatic carbocycles. The van der Waals surface area contributed by atoms with Gasteiger partial charge in [0.1, 0.15) is 0 Å². The average molecular weight is 271 g/mol. The van der Waals surface area contributed by atoms with Crippen LogP contribution in [0.4, 0.5) is 0 Å². The van der Waals surface area contributed by atoms with Gasteiger partial charge in [0.2, 0.25) is 15.9 Å². The van der Waals surface area contributed by atoms with Crippen molar-refractivity contribution in [2.75, 3.05) is 13.6 Å². The summed E-state index contributed by atoms with van der Waals surface area (Å²) in [6, 6.07) is 7.03. The molecule has 1 rings (SSSR count). The lowest BCUT2D eigenvalue weighted by atomic mass is 10.1. The predicted octanol–water partition coefficient (Wildman–Crippen LogP) is -0.608. The van der Waals surface area contributed by atoms with Gasteiger partial charge >= 0.3 is 0 Å². The number of amides is 1. The van der Waals surface area contributed by atoms with E-state index in [1.165, 1.54) is 7.05 Å². The molecular weight excluding hydrogens is 254 g/mol. The summed E-state index contributed by atoms with van der Waals surface area (Å²) in [4.78, 5) is 10.7. The highest BCUT2D eigenvalue weighted by molar-refractivity contribution is 7.88. The van der Waals surface area contributed by atoms with Crippen LogP contribution in [0, 0.1) is 0 Å². The topological polar surface area (TPSA) is 106 Å². The van der Waals surface area contributed by atoms with Crippen molar-refractivity contribution in [2.45, 2.75) is 12.3 Å². The van der Waals surface area contributed by atoms with Gasteiger partial charge in [0.25, 0.3) is 0 Å². The molecule has 0 bridgehead atoms. The van der Waals surface area contributed by atoms with Crippen LogP contribution < -0.4 is 11.5 Å². The zero-order chi connectivity index (χ0) is 13.8. The van der Waals surface area contributed by atoms with Gasteiger partial charge in [-0.15, -0.1) is 0 Å². The minimum Gasteiger partial charge on any atom is -0.369 e. The molecule has 0 aromatic heterocycles. The maximum absolute atomic E-state index is 12.0. The molecule has 4 N–H and O–H groups in total. The van der Waals surface area contributed by atoms with Crippen molar-refractivity contribution in [1.29, 1.82) is 0 Å². The lowest BCUT2D eigenvalue weighted by Gasteiger charge is -2.16. The predicted molar refractivity (Wildman–Crippen MR) is 68.8 cm³/mol. The van der Waals surface area contributed by atoms with Crippen LogP contribution in [0.1, 0.15) is 11.1 Å². The fourth-order valence-corrected chi connectivity index (χ4v) is 2.74. The second-order valence-corrected chi connectivity index (χ2v) is 6.03. The molecule has 0 saturated heterocycles. The largest absolute Gasteiger partial charge is 0.369 e. The Morgan fingerprint density at radius 3 is 2.33 bits per heavy atom. The molecule has 18 heavy (non-hydrogen) atoms. The highest BCUT2D eigenvalue weighted by atomic mass is 32.2. The number of benzene rings is 1. The van der Waals surface area contributed by atoms with Crippen molar-refractivity contribution < 1.29 is 13.2 Å². The van der Waals surface area contributed by atoms with Gasteiger partial charge in [-0.3, -0.25) is 4.79 Å². The van der Waals surface area contributed by atoms with Crippen LogP contribution in [0.15, 0.2) is 24.3 Å². The minimum absolute atomic E-state index is 0.190. The molecule has 0 saturated carbocycles. The number of nitrogens with two attached hydrogens (primary N) is 2. The third-order valence-corrected chi connectivity index (χ3v) is 4.28. The Morgan fingerprint density at radius 2 is 1.83 bits per heavy atom. The van der Waals surface area contributed by atoms with E-state index in [1.54, 1.807) is 24.3 Å². The van der Waals surface area contributed by atoms with Gasteiger partial charge in [-0.05, 0) is 11.1 Å². The molecule has 0 aliphatic heterocycles. The number of rotatable bonds is 6. The van der Waals surface area contributed by atoms with Crippen LogP contribution in [-0.2, 0) is 27.1 Å². The number of carbonyl (C=O) groups is 1. The summed E-state index contributed by atoms with van der Waals surface area (Å²) in [7, 11) is -2.24. The molecule has 0 fully saturated rings. The number of likely N-dealkylation sites (N-methyl/N-ethyl adjacent to an activating group) is 1. The molecule has 7 heteroatoms. The van der Waals surface area contributed by atoms with E-state index in [1.807, 2.05) is 0 Å². The zero-order valence-corrected chi connectivity index (χ0v) is 11.0. The number of sulfonamides is 1. The van der Waals surface area contributed by atoms with E-state index in [0.29, 0.717) is 5.56 Å². The first-order valence-electron chi connectivity index (χ1n) is 5.36. The van der Waals surface area contributed by atoms with Crippen LogP contribution >= 0.6 is 0 Å². The van der Waals surface area contributed by atoms with Crippen molar-refractivity contribution >= 4 is 15.9 Å². The van der Waals surface area contributed by atoms with Crippen LogP contribution in [0.2, 0.25) is 0 Å². The van der Waals surface area contributed by atoms with Gasteiger partial charge < -0.3 is 11.5 Å². The fourth-order valence-electron chi connectivity index (χ4n) is 1.52. The highest BCUT2D eigenvalue weighted by Crippen LogP contribution is 2.14. The summed E-state index contributed by atoms with van der Waals surface area (Å²) in [5.41, 5.74) is 11.9. The number of hydrogen-bond acceptors (Lipinski definition) is 4. The number of nitrogens with zero attached hydrogens (tertiary/aromatic N) is 1. The Labute approximate surface area is 107 Å². The fraction of sp³-hybridized carbons (Fsp3) is 0.364. The Kier molecular flexibility index (Phi) is 4.83. The molecule has 0 aliphatic rings. The van der Waals surface area contributed by atoms with Crippen molar-refractivity contribution in [3.8, 4) is 0 Å². The Balaban J connectivity index is 2.92. The van der Waals surface area contributed by atoms with Crippen molar-refractivity contribution in [3.63, 3.8) is 0 Å². The maximum Gasteiger partial charge on any atom is 0.232 e. The van der Waals surface area contributed by atoms with E-state index in [9.17, 15) is 13.2 Å². The van der Waals surface area contributed by atoms with E-state index >= 15 is 0 Å². The molecule has 1 aromatic rings. The van der Waals surface area contributed by atoms with E-state index in [-0.39, 0.29) is 18.8 Å². The second-order valence-electron chi connectivity index (χ2n) is 3.95. The molecule has 0 spiro atoms. The first-order valence-corrected chi connectivity index (χ1v) is 6.97. The molecule has 0 heterocycles. The average Bonchev–Trinajstić information content (AvgIpc) is 2.28. The van der Waals surface area contributed by atoms with Gasteiger partial charge in [0.05, 0.1) is 12.3 Å². The smallest absolute Gasteiger partial charge is 0.232 e. The van der Waals surface area contributed by atoms with E-state index in [4.69, 9.17) is 11.5 Å². The van der Waals surface area contributed by atoms with Gasteiger partial charge in [-0.1, -0.05) is 24.3 Å². The zero-order valence-electron chi connectivity index (χ0n) is 10.2. The van der Waals surface area contributed by atoms with E-state index < -0.39 is 15.9 Å². The molecule has 0 unspecified atom stereocenters. The number of carbonyl (C=O) groups excluding carboxylic acids is 1. The summed E-state index contributed by atoms with van der Waals surface area (Å²) in [6.45, 7) is -0.0572. The van der Waals surface area contributed by atoms with Crippen LogP contribution in [-0.4, -0.2) is 32.2 Å². The normalized spacial score (nSPS) is 11.7. The van der Waals surface area contributed by atoms with Gasteiger partial charge in [0.15, 0.2) is 0 Å². The highest BCUT2D eigenvalue weighted by Gasteiger charge is 2.21. The van der Waals surface area contributed by atoms with E-state index in [0.717, 1.165) is 9.87 Å². The Hall–Kier alpha value is -1.44. The molecule has 0 radical (unpaired) electrons. The number of primary amides is 1. The first kappa shape index (κ1) is 14.6. The van der Waals surface area contributed by atoms with Gasteiger partial charge in [0, 0.05) is 13.6 Å². The van der Waals surface area contributed by atoms with Crippen molar-refractivity contribution in [3.05, 3.63) is 35.4 Å². The quantitative estimate of drug-likeness (QED) is 0.720. The molecule has 1 amide bonds. The minimum atomic E-state index is -3.56. The van der Waals surface area contributed by atoms with Crippen molar-refractivity contribution in [1.82, 2.24) is 4.31 Å². The van der Waals surface area contributed by atoms with Crippen LogP contribution in [0.5, 0.6) is 0 Å². The standard InChI is InChI=1S/C11H17N3O3S/c1-14(7-11(13)15)18(16,17)8-10-5-3-2-4-9(10)6-12/h2-5H,6-8,12H2,1H3,(H2,13,15). The van der Waals surface area contributed by atoms with Crippen molar-refractivity contribution in [2.24, 2.45) is 11.5 Å². The number of hydrogen-bond donors (Lipinski definition) is 2. The van der Waals surface area contributed by atoms with Gasteiger partial charge in [-0.25, -0.2) is 8.42 Å². The lowest BCUT2D eigenvalue weighted by Crippen LogP contribution is -2.36. The Morgan fingerprint density at radius 1 is 1.28 bits per heavy atom. The summed E-state index contributed by atoms with van der Waals surface area (Å²) in [5, 5.41) is 0. The third-order valence-electron chi connectivity index (χ3n) is 2.53. The molecule has 6 nitrogen and oxygen atoms in total. The monoisotopic (exact) mass is 271 g/mol.